The zero-order chi connectivity index (χ0) is 11.2. The van der Waals surface area contributed by atoms with Crippen LogP contribution in [0.2, 0.25) is 0 Å². The van der Waals surface area contributed by atoms with E-state index in [4.69, 9.17) is 24.0 Å². The van der Waals surface area contributed by atoms with E-state index in [0.717, 1.165) is 0 Å². The van der Waals surface area contributed by atoms with Crippen LogP contribution >= 0.6 is 7.82 Å². The Balaban J connectivity index is 4.01. The molecule has 0 atom stereocenters. The first kappa shape index (κ1) is 14.0. The third kappa shape index (κ3) is 5.02. The molecule has 0 aliphatic carbocycles. The Bertz CT molecular complexity index is 188. The Morgan fingerprint density at radius 3 is 1.86 bits per heavy atom. The van der Waals surface area contributed by atoms with E-state index in [0.29, 0.717) is 0 Å². The largest absolute Gasteiger partial charge is 0.469 e. The molecule has 8 heteroatoms. The van der Waals surface area contributed by atoms with Crippen molar-refractivity contribution in [1.82, 2.24) is 0 Å². The summed E-state index contributed by atoms with van der Waals surface area (Å²) in [5, 5.41) is 0. The number of phosphoric acid groups is 1. The molecule has 0 rings (SSSR count). The van der Waals surface area contributed by atoms with Crippen molar-refractivity contribution >= 4 is 7.82 Å². The van der Waals surface area contributed by atoms with Gasteiger partial charge in [-0.2, -0.15) is 0 Å². The molecular formula is C6H15O7P. The molecule has 0 heterocycles. The molecule has 0 spiro atoms. The quantitative estimate of drug-likeness (QED) is 0.472. The van der Waals surface area contributed by atoms with Crippen LogP contribution in [0.3, 0.4) is 0 Å². The van der Waals surface area contributed by atoms with Crippen molar-refractivity contribution in [3.63, 3.8) is 0 Å². The van der Waals surface area contributed by atoms with Gasteiger partial charge in [-0.15, -0.1) is 0 Å². The lowest BCUT2D eigenvalue weighted by molar-refractivity contribution is -0.356. The lowest BCUT2D eigenvalue weighted by atomic mass is 10.4. The van der Waals surface area contributed by atoms with Crippen LogP contribution in [-0.2, 0) is 23.3 Å². The molecule has 0 aromatic carbocycles. The summed E-state index contributed by atoms with van der Waals surface area (Å²) in [6.07, 6.45) is 0.0433. The summed E-state index contributed by atoms with van der Waals surface area (Å²) >= 11 is 0. The number of rotatable bonds is 7. The predicted octanol–water partition coefficient (Wildman–Crippen LogP) is 0.0788. The first-order valence-electron chi connectivity index (χ1n) is 3.74. The number of ether oxygens (including phenoxy) is 3. The van der Waals surface area contributed by atoms with Crippen LogP contribution in [0.5, 0.6) is 0 Å². The van der Waals surface area contributed by atoms with Gasteiger partial charge >= 0.3 is 7.82 Å². The zero-order valence-electron chi connectivity index (χ0n) is 8.30. The molecular weight excluding hydrogens is 215 g/mol. The van der Waals surface area contributed by atoms with Crippen molar-refractivity contribution in [3.8, 4) is 0 Å². The molecule has 0 fully saturated rings. The Labute approximate surface area is 82.2 Å². The fraction of sp³-hybridized carbons (Fsp3) is 1.00. The van der Waals surface area contributed by atoms with E-state index in [1.165, 1.54) is 21.3 Å². The molecule has 0 amide bonds. The molecule has 0 aromatic rings. The Kier molecular flexibility index (Phi) is 5.77. The standard InChI is InChI=1S/C6H15O7P/c1-10-6(11-2,12-3)4-5-13-14(7,8)9/h4-5H2,1-3H3,(H2,7,8,9). The molecule has 0 unspecified atom stereocenters. The molecule has 0 saturated carbocycles. The lowest BCUT2D eigenvalue weighted by Gasteiger charge is -2.28. The van der Waals surface area contributed by atoms with E-state index in [9.17, 15) is 4.57 Å². The van der Waals surface area contributed by atoms with Crippen molar-refractivity contribution in [2.45, 2.75) is 12.4 Å². The second-order valence-corrected chi connectivity index (χ2v) is 3.61. The molecule has 0 aliphatic heterocycles. The maximum Gasteiger partial charge on any atom is 0.469 e. The van der Waals surface area contributed by atoms with Crippen LogP contribution in [0.1, 0.15) is 6.42 Å². The van der Waals surface area contributed by atoms with Gasteiger partial charge in [-0.1, -0.05) is 0 Å². The van der Waals surface area contributed by atoms with Gasteiger partial charge in [0.05, 0.1) is 13.0 Å². The first-order chi connectivity index (χ1) is 6.39. The van der Waals surface area contributed by atoms with E-state index in [2.05, 4.69) is 4.52 Å². The summed E-state index contributed by atoms with van der Waals surface area (Å²) in [7, 11) is -0.395. The summed E-state index contributed by atoms with van der Waals surface area (Å²) in [4.78, 5) is 16.8. The van der Waals surface area contributed by atoms with Crippen LogP contribution in [0, 0.1) is 0 Å². The summed E-state index contributed by atoms with van der Waals surface area (Å²) < 4.78 is 29.2. The molecule has 0 radical (unpaired) electrons. The van der Waals surface area contributed by atoms with E-state index in [1.807, 2.05) is 0 Å². The van der Waals surface area contributed by atoms with Gasteiger partial charge in [-0.05, 0) is 0 Å². The van der Waals surface area contributed by atoms with Crippen LogP contribution in [0.15, 0.2) is 0 Å². The van der Waals surface area contributed by atoms with Gasteiger partial charge in [-0.25, -0.2) is 4.57 Å². The van der Waals surface area contributed by atoms with Crippen molar-refractivity contribution in [3.05, 3.63) is 0 Å². The van der Waals surface area contributed by atoms with Crippen LogP contribution in [0.25, 0.3) is 0 Å². The van der Waals surface area contributed by atoms with E-state index in [-0.39, 0.29) is 13.0 Å². The number of hydrogen-bond acceptors (Lipinski definition) is 5. The highest BCUT2D eigenvalue weighted by atomic mass is 31.2. The van der Waals surface area contributed by atoms with Gasteiger partial charge in [-0.3, -0.25) is 4.52 Å². The topological polar surface area (TPSA) is 94.5 Å². The van der Waals surface area contributed by atoms with Crippen molar-refractivity contribution < 1.29 is 33.1 Å². The monoisotopic (exact) mass is 230 g/mol. The van der Waals surface area contributed by atoms with Gasteiger partial charge in [0.2, 0.25) is 0 Å². The molecule has 0 aromatic heterocycles. The van der Waals surface area contributed by atoms with Crippen LogP contribution in [0.4, 0.5) is 0 Å². The smallest absolute Gasteiger partial charge is 0.331 e. The molecule has 14 heavy (non-hydrogen) atoms. The second-order valence-electron chi connectivity index (χ2n) is 2.37. The van der Waals surface area contributed by atoms with E-state index in [1.54, 1.807) is 0 Å². The minimum atomic E-state index is -4.45. The predicted molar refractivity (Wildman–Crippen MR) is 46.4 cm³/mol. The average Bonchev–Trinajstić information content (AvgIpc) is 2.11. The van der Waals surface area contributed by atoms with Crippen LogP contribution < -0.4 is 0 Å². The SMILES string of the molecule is COC(CCOP(=O)(O)O)(OC)OC. The Morgan fingerprint density at radius 2 is 1.57 bits per heavy atom. The number of phosphoric ester groups is 1. The highest BCUT2D eigenvalue weighted by Gasteiger charge is 2.30. The number of hydrogen-bond donors (Lipinski definition) is 2. The minimum absolute atomic E-state index is 0.0433. The van der Waals surface area contributed by atoms with Crippen molar-refractivity contribution in [2.75, 3.05) is 27.9 Å². The maximum atomic E-state index is 10.3. The third-order valence-corrected chi connectivity index (χ3v) is 2.12. The summed E-state index contributed by atoms with van der Waals surface area (Å²) in [6.45, 7) is -0.236. The first-order valence-corrected chi connectivity index (χ1v) is 5.27. The Morgan fingerprint density at radius 1 is 1.14 bits per heavy atom. The molecule has 2 N–H and O–H groups in total. The van der Waals surface area contributed by atoms with Gasteiger partial charge in [0, 0.05) is 21.3 Å². The summed E-state index contributed by atoms with van der Waals surface area (Å²) in [5.74, 6) is -1.32. The molecule has 0 aliphatic rings. The lowest BCUT2D eigenvalue weighted by Crippen LogP contribution is -2.37. The maximum absolute atomic E-state index is 10.3. The molecule has 0 bridgehead atoms. The van der Waals surface area contributed by atoms with Gasteiger partial charge in [0.25, 0.3) is 5.97 Å². The van der Waals surface area contributed by atoms with E-state index < -0.39 is 13.8 Å². The van der Waals surface area contributed by atoms with E-state index >= 15 is 0 Å². The van der Waals surface area contributed by atoms with Gasteiger partial charge in [0.15, 0.2) is 0 Å². The average molecular weight is 230 g/mol. The highest BCUT2D eigenvalue weighted by molar-refractivity contribution is 7.46. The summed E-state index contributed by atoms with van der Waals surface area (Å²) in [5.41, 5.74) is 0. The fourth-order valence-corrected chi connectivity index (χ4v) is 1.17. The van der Waals surface area contributed by atoms with Crippen LogP contribution in [-0.4, -0.2) is 43.7 Å². The Hall–Kier alpha value is -0.0100. The third-order valence-electron chi connectivity index (χ3n) is 1.60. The number of methoxy groups -OCH3 is 3. The second kappa shape index (κ2) is 5.77. The minimum Gasteiger partial charge on any atom is -0.331 e. The van der Waals surface area contributed by atoms with Crippen molar-refractivity contribution in [1.29, 1.82) is 0 Å². The zero-order valence-corrected chi connectivity index (χ0v) is 9.19. The summed E-state index contributed by atoms with van der Waals surface area (Å²) in [6, 6.07) is 0. The molecule has 7 nitrogen and oxygen atoms in total. The molecule has 0 saturated heterocycles. The van der Waals surface area contributed by atoms with Crippen molar-refractivity contribution in [2.24, 2.45) is 0 Å². The van der Waals surface area contributed by atoms with Gasteiger partial charge < -0.3 is 24.0 Å². The highest BCUT2D eigenvalue weighted by Crippen LogP contribution is 2.36. The molecule has 86 valence electrons. The van der Waals surface area contributed by atoms with Gasteiger partial charge in [0.1, 0.15) is 0 Å². The normalized spacial score (nSPS) is 13.2. The fourth-order valence-electron chi connectivity index (χ4n) is 0.846.